The summed E-state index contributed by atoms with van der Waals surface area (Å²) < 4.78 is 5.00. The van der Waals surface area contributed by atoms with Crippen LogP contribution in [-0.2, 0) is 16.1 Å². The molecule has 1 unspecified atom stereocenters. The molecule has 6 nitrogen and oxygen atoms in total. The van der Waals surface area contributed by atoms with Crippen LogP contribution in [-0.4, -0.2) is 41.4 Å². The minimum Gasteiger partial charge on any atom is -0.481 e. The second kappa shape index (κ2) is 5.11. The Kier molecular flexibility index (Phi) is 3.30. The number of pyridine rings is 1. The number of nitrogens with one attached hydrogen (secondary N) is 1. The molecule has 106 valence electrons. The molecule has 1 N–H and O–H groups in total. The van der Waals surface area contributed by atoms with Crippen LogP contribution in [0.4, 0.5) is 0 Å². The molecule has 20 heavy (non-hydrogen) atoms. The van der Waals surface area contributed by atoms with Gasteiger partial charge in [0.05, 0.1) is 13.7 Å². The van der Waals surface area contributed by atoms with Crippen LogP contribution < -0.4 is 10.1 Å². The van der Waals surface area contributed by atoms with E-state index in [1.807, 2.05) is 6.07 Å². The van der Waals surface area contributed by atoms with Crippen LogP contribution in [0, 0.1) is 5.92 Å². The number of amides is 2. The molecule has 1 saturated carbocycles. The van der Waals surface area contributed by atoms with Crippen LogP contribution in [0.5, 0.6) is 5.88 Å². The highest BCUT2D eigenvalue weighted by Crippen LogP contribution is 2.34. The zero-order chi connectivity index (χ0) is 14.1. The molecule has 1 saturated heterocycles. The standard InChI is InChI=1S/C14H17N3O3/c1-20-12-5-2-9(6-15-12)7-17-8-11(18)16-13(14(17)19)10-3-4-10/h2,5-6,10,13H,3-4,7-8H2,1H3,(H,16,18). The van der Waals surface area contributed by atoms with E-state index in [0.717, 1.165) is 18.4 Å². The highest BCUT2D eigenvalue weighted by atomic mass is 16.5. The Morgan fingerprint density at radius 2 is 2.20 bits per heavy atom. The van der Waals surface area contributed by atoms with Crippen LogP contribution in [0.1, 0.15) is 18.4 Å². The second-order valence-electron chi connectivity index (χ2n) is 5.29. The van der Waals surface area contributed by atoms with Crippen molar-refractivity contribution in [3.8, 4) is 5.88 Å². The van der Waals surface area contributed by atoms with Gasteiger partial charge in [-0.2, -0.15) is 0 Å². The average molecular weight is 275 g/mol. The number of hydrogen-bond donors (Lipinski definition) is 1. The number of piperazine rings is 1. The maximum Gasteiger partial charge on any atom is 0.246 e. The fourth-order valence-corrected chi connectivity index (χ4v) is 2.46. The van der Waals surface area contributed by atoms with Crippen molar-refractivity contribution >= 4 is 11.8 Å². The van der Waals surface area contributed by atoms with Gasteiger partial charge in [0.25, 0.3) is 0 Å². The lowest BCUT2D eigenvalue weighted by Crippen LogP contribution is -2.58. The number of nitrogens with zero attached hydrogens (tertiary/aromatic N) is 2. The monoisotopic (exact) mass is 275 g/mol. The molecule has 1 aromatic rings. The minimum absolute atomic E-state index is 0.0166. The third-order valence-electron chi connectivity index (χ3n) is 3.70. The van der Waals surface area contributed by atoms with Crippen molar-refractivity contribution in [2.24, 2.45) is 5.92 Å². The zero-order valence-electron chi connectivity index (χ0n) is 11.3. The first kappa shape index (κ1) is 12.9. The Morgan fingerprint density at radius 3 is 2.80 bits per heavy atom. The lowest BCUT2D eigenvalue weighted by Gasteiger charge is -2.32. The van der Waals surface area contributed by atoms with Crippen molar-refractivity contribution in [2.45, 2.75) is 25.4 Å². The van der Waals surface area contributed by atoms with Gasteiger partial charge in [0.15, 0.2) is 0 Å². The molecular formula is C14H17N3O3. The summed E-state index contributed by atoms with van der Waals surface area (Å²) in [5.41, 5.74) is 0.892. The van der Waals surface area contributed by atoms with Gasteiger partial charge in [-0.05, 0) is 24.3 Å². The van der Waals surface area contributed by atoms with E-state index in [2.05, 4.69) is 10.3 Å². The molecule has 2 heterocycles. The van der Waals surface area contributed by atoms with Crippen molar-refractivity contribution in [1.29, 1.82) is 0 Å². The quantitative estimate of drug-likeness (QED) is 0.859. The molecule has 0 spiro atoms. The largest absolute Gasteiger partial charge is 0.481 e. The van der Waals surface area contributed by atoms with E-state index < -0.39 is 0 Å². The molecule has 2 amide bonds. The lowest BCUT2D eigenvalue weighted by atomic mass is 10.1. The molecule has 1 aliphatic heterocycles. The summed E-state index contributed by atoms with van der Waals surface area (Å²) in [6.07, 6.45) is 3.72. The smallest absolute Gasteiger partial charge is 0.246 e. The Bertz CT molecular complexity index is 525. The number of aromatic nitrogens is 1. The van der Waals surface area contributed by atoms with Crippen molar-refractivity contribution in [1.82, 2.24) is 15.2 Å². The molecule has 3 rings (SSSR count). The van der Waals surface area contributed by atoms with Gasteiger partial charge < -0.3 is 15.0 Å². The van der Waals surface area contributed by atoms with E-state index in [-0.39, 0.29) is 24.4 Å². The van der Waals surface area contributed by atoms with E-state index in [1.165, 1.54) is 0 Å². The number of hydrogen-bond acceptors (Lipinski definition) is 4. The third-order valence-corrected chi connectivity index (χ3v) is 3.70. The number of ether oxygens (including phenoxy) is 1. The molecule has 2 aliphatic rings. The van der Waals surface area contributed by atoms with Crippen LogP contribution in [0.2, 0.25) is 0 Å². The highest BCUT2D eigenvalue weighted by molar-refractivity contribution is 5.95. The van der Waals surface area contributed by atoms with Crippen molar-refractivity contribution < 1.29 is 14.3 Å². The van der Waals surface area contributed by atoms with E-state index in [1.54, 1.807) is 24.3 Å². The summed E-state index contributed by atoms with van der Waals surface area (Å²) in [7, 11) is 1.56. The van der Waals surface area contributed by atoms with E-state index in [0.29, 0.717) is 18.3 Å². The van der Waals surface area contributed by atoms with Gasteiger partial charge in [0.1, 0.15) is 6.04 Å². The molecular weight excluding hydrogens is 258 g/mol. The van der Waals surface area contributed by atoms with Crippen molar-refractivity contribution in [2.75, 3.05) is 13.7 Å². The summed E-state index contributed by atoms with van der Waals surface area (Å²) >= 11 is 0. The number of carbonyl (C=O) groups is 2. The van der Waals surface area contributed by atoms with Crippen LogP contribution in [0.15, 0.2) is 18.3 Å². The minimum atomic E-state index is -0.331. The van der Waals surface area contributed by atoms with Gasteiger partial charge in [-0.3, -0.25) is 9.59 Å². The predicted molar refractivity (Wildman–Crippen MR) is 70.9 cm³/mol. The maximum atomic E-state index is 12.3. The molecule has 1 atom stereocenters. The van der Waals surface area contributed by atoms with Crippen LogP contribution in [0.25, 0.3) is 0 Å². The first-order valence-electron chi connectivity index (χ1n) is 6.74. The molecule has 0 aromatic carbocycles. The Hall–Kier alpha value is -2.11. The number of rotatable bonds is 4. The van der Waals surface area contributed by atoms with Gasteiger partial charge >= 0.3 is 0 Å². The van der Waals surface area contributed by atoms with Crippen molar-refractivity contribution in [3.05, 3.63) is 23.9 Å². The summed E-state index contributed by atoms with van der Waals surface area (Å²) in [5, 5.41) is 2.80. The molecule has 1 aromatic heterocycles. The Morgan fingerprint density at radius 1 is 1.40 bits per heavy atom. The van der Waals surface area contributed by atoms with E-state index in [4.69, 9.17) is 4.74 Å². The highest BCUT2D eigenvalue weighted by Gasteiger charge is 2.42. The molecule has 1 aliphatic carbocycles. The zero-order valence-corrected chi connectivity index (χ0v) is 11.3. The molecule has 6 heteroatoms. The summed E-state index contributed by atoms with van der Waals surface area (Å²) in [6.45, 7) is 0.528. The van der Waals surface area contributed by atoms with Gasteiger partial charge in [0.2, 0.25) is 17.7 Å². The fourth-order valence-electron chi connectivity index (χ4n) is 2.46. The normalized spacial score (nSPS) is 22.6. The summed E-state index contributed by atoms with van der Waals surface area (Å²) in [5.74, 6) is 0.793. The number of carbonyl (C=O) groups excluding carboxylic acids is 2. The third kappa shape index (κ3) is 2.59. The summed E-state index contributed by atoms with van der Waals surface area (Å²) in [6, 6.07) is 3.28. The van der Waals surface area contributed by atoms with Crippen molar-refractivity contribution in [3.63, 3.8) is 0 Å². The maximum absolute atomic E-state index is 12.3. The van der Waals surface area contributed by atoms with Gasteiger partial charge in [-0.15, -0.1) is 0 Å². The number of methoxy groups -OCH3 is 1. The Balaban J connectivity index is 1.71. The lowest BCUT2D eigenvalue weighted by molar-refractivity contribution is -0.145. The first-order chi connectivity index (χ1) is 9.67. The predicted octanol–water partition coefficient (Wildman–Crippen LogP) is 0.327. The van der Waals surface area contributed by atoms with Crippen LogP contribution >= 0.6 is 0 Å². The van der Waals surface area contributed by atoms with E-state index >= 15 is 0 Å². The SMILES string of the molecule is COc1ccc(CN2CC(=O)NC(C3CC3)C2=O)cn1. The summed E-state index contributed by atoms with van der Waals surface area (Å²) in [4.78, 5) is 29.8. The topological polar surface area (TPSA) is 71.5 Å². The fraction of sp³-hybridized carbons (Fsp3) is 0.500. The van der Waals surface area contributed by atoms with Gasteiger partial charge in [0, 0.05) is 18.8 Å². The first-order valence-corrected chi connectivity index (χ1v) is 6.74. The average Bonchev–Trinajstić information content (AvgIpc) is 3.28. The Labute approximate surface area is 117 Å². The molecule has 0 bridgehead atoms. The second-order valence-corrected chi connectivity index (χ2v) is 5.29. The van der Waals surface area contributed by atoms with Gasteiger partial charge in [-0.25, -0.2) is 4.98 Å². The molecule has 0 radical (unpaired) electrons. The molecule has 2 fully saturated rings. The van der Waals surface area contributed by atoms with Gasteiger partial charge in [-0.1, -0.05) is 6.07 Å². The van der Waals surface area contributed by atoms with Crippen LogP contribution in [0.3, 0.4) is 0 Å². The van der Waals surface area contributed by atoms with E-state index in [9.17, 15) is 9.59 Å².